The molecule has 0 aliphatic heterocycles. The average molecular weight is 370 g/mol. The van der Waals surface area contributed by atoms with Crippen LogP contribution in [0, 0.1) is 0 Å². The van der Waals surface area contributed by atoms with Gasteiger partial charge in [0.15, 0.2) is 0 Å². The van der Waals surface area contributed by atoms with Gasteiger partial charge in [-0.15, -0.1) is 0 Å². The molecule has 0 fully saturated rings. The van der Waals surface area contributed by atoms with Crippen LogP contribution in [0.15, 0.2) is 82.6 Å². The van der Waals surface area contributed by atoms with Gasteiger partial charge in [-0.2, -0.15) is 0 Å². The van der Waals surface area contributed by atoms with Gasteiger partial charge in [0.2, 0.25) is 9.84 Å². The van der Waals surface area contributed by atoms with Crippen LogP contribution in [-0.4, -0.2) is 20.6 Å². The summed E-state index contributed by atoms with van der Waals surface area (Å²) in [5.74, 6) is 1.37. The first-order valence-electron chi connectivity index (χ1n) is 7.89. The number of aromatic hydroxyl groups is 1. The van der Waals surface area contributed by atoms with Crippen molar-refractivity contribution in [1.29, 1.82) is 0 Å². The highest BCUT2D eigenvalue weighted by molar-refractivity contribution is 7.91. The smallest absolute Gasteiger partial charge is 0.206 e. The Bertz CT molecular complexity index is 960. The fourth-order valence-corrected chi connectivity index (χ4v) is 3.63. The predicted octanol–water partition coefficient (Wildman–Crippen LogP) is 3.81. The van der Waals surface area contributed by atoms with Gasteiger partial charge in [0, 0.05) is 0 Å². The Morgan fingerprint density at radius 1 is 0.769 bits per heavy atom. The third-order valence-electron chi connectivity index (χ3n) is 3.85. The molecular weight excluding hydrogens is 352 g/mol. The summed E-state index contributed by atoms with van der Waals surface area (Å²) in [5, 5.41) is 9.29. The molecular formula is C20H18O5S. The average Bonchev–Trinajstić information content (AvgIpc) is 2.67. The van der Waals surface area contributed by atoms with Crippen LogP contribution in [0.25, 0.3) is 0 Å². The monoisotopic (exact) mass is 370 g/mol. The summed E-state index contributed by atoms with van der Waals surface area (Å²) < 4.78 is 35.9. The number of phenols is 1. The lowest BCUT2D eigenvalue weighted by atomic mass is 10.2. The molecule has 0 unspecified atom stereocenters. The first-order chi connectivity index (χ1) is 12.5. The van der Waals surface area contributed by atoms with Crippen molar-refractivity contribution < 1.29 is 23.0 Å². The van der Waals surface area contributed by atoms with Crippen LogP contribution >= 0.6 is 0 Å². The van der Waals surface area contributed by atoms with Gasteiger partial charge >= 0.3 is 0 Å². The third-order valence-corrected chi connectivity index (χ3v) is 5.63. The highest BCUT2D eigenvalue weighted by atomic mass is 32.2. The van der Waals surface area contributed by atoms with E-state index in [2.05, 4.69) is 0 Å². The first-order valence-corrected chi connectivity index (χ1v) is 9.37. The summed E-state index contributed by atoms with van der Waals surface area (Å²) in [5.41, 5.74) is 0.978. The zero-order chi connectivity index (χ0) is 18.6. The van der Waals surface area contributed by atoms with Crippen LogP contribution in [0.5, 0.6) is 17.2 Å². The zero-order valence-corrected chi connectivity index (χ0v) is 14.9. The Hall–Kier alpha value is -2.99. The number of sulfone groups is 1. The Morgan fingerprint density at radius 3 is 1.81 bits per heavy atom. The van der Waals surface area contributed by atoms with Crippen molar-refractivity contribution in [1.82, 2.24) is 0 Å². The molecule has 26 heavy (non-hydrogen) atoms. The Morgan fingerprint density at radius 2 is 1.27 bits per heavy atom. The van der Waals surface area contributed by atoms with Gasteiger partial charge in [0.1, 0.15) is 23.9 Å². The fourth-order valence-electron chi connectivity index (χ4n) is 2.36. The zero-order valence-electron chi connectivity index (χ0n) is 14.1. The Labute approximate surface area is 152 Å². The van der Waals surface area contributed by atoms with E-state index in [0.29, 0.717) is 12.4 Å². The van der Waals surface area contributed by atoms with E-state index < -0.39 is 9.84 Å². The lowest BCUT2D eigenvalue weighted by molar-refractivity contribution is 0.305. The van der Waals surface area contributed by atoms with Crippen molar-refractivity contribution in [2.24, 2.45) is 0 Å². The van der Waals surface area contributed by atoms with Gasteiger partial charge in [-0.25, -0.2) is 8.42 Å². The second kappa shape index (κ2) is 7.49. The summed E-state index contributed by atoms with van der Waals surface area (Å²) >= 11 is 0. The summed E-state index contributed by atoms with van der Waals surface area (Å²) in [7, 11) is -2.02. The standard InChI is InChI=1S/C20H18O5S/c1-24-17-6-2-15(3-7-17)14-25-18-8-12-20(13-9-18)26(22,23)19-10-4-16(21)5-11-19/h2-13,21H,14H2,1H3. The van der Waals surface area contributed by atoms with E-state index in [0.717, 1.165) is 11.3 Å². The second-order valence-electron chi connectivity index (χ2n) is 5.61. The van der Waals surface area contributed by atoms with Crippen LogP contribution in [-0.2, 0) is 16.4 Å². The molecule has 0 amide bonds. The van der Waals surface area contributed by atoms with Crippen LogP contribution in [0.1, 0.15) is 5.56 Å². The largest absolute Gasteiger partial charge is 0.508 e. The van der Waals surface area contributed by atoms with E-state index in [9.17, 15) is 13.5 Å². The molecule has 5 nitrogen and oxygen atoms in total. The molecule has 0 atom stereocenters. The molecule has 0 radical (unpaired) electrons. The van der Waals surface area contributed by atoms with E-state index in [1.165, 1.54) is 36.4 Å². The number of ether oxygens (including phenoxy) is 2. The van der Waals surface area contributed by atoms with Crippen molar-refractivity contribution in [2.75, 3.05) is 7.11 Å². The van der Waals surface area contributed by atoms with Crippen molar-refractivity contribution in [3.8, 4) is 17.2 Å². The van der Waals surface area contributed by atoms with Gasteiger partial charge in [-0.05, 0) is 66.2 Å². The van der Waals surface area contributed by atoms with Crippen molar-refractivity contribution in [3.63, 3.8) is 0 Å². The van der Waals surface area contributed by atoms with E-state index in [1.807, 2.05) is 24.3 Å². The molecule has 3 aromatic carbocycles. The molecule has 134 valence electrons. The lowest BCUT2D eigenvalue weighted by Crippen LogP contribution is -2.02. The predicted molar refractivity (Wildman–Crippen MR) is 97.3 cm³/mol. The molecule has 3 aromatic rings. The maximum atomic E-state index is 12.6. The molecule has 6 heteroatoms. The number of hydrogen-bond donors (Lipinski definition) is 1. The van der Waals surface area contributed by atoms with Crippen LogP contribution < -0.4 is 9.47 Å². The molecule has 0 spiro atoms. The molecule has 0 aliphatic rings. The number of rotatable bonds is 6. The van der Waals surface area contributed by atoms with Crippen LogP contribution in [0.2, 0.25) is 0 Å². The van der Waals surface area contributed by atoms with Crippen molar-refractivity contribution >= 4 is 9.84 Å². The van der Waals surface area contributed by atoms with E-state index in [-0.39, 0.29) is 15.5 Å². The molecule has 0 aliphatic carbocycles. The summed E-state index contributed by atoms with van der Waals surface area (Å²) in [6, 6.07) is 19.2. The molecule has 1 N–H and O–H groups in total. The number of hydrogen-bond acceptors (Lipinski definition) is 5. The molecule has 0 aromatic heterocycles. The quantitative estimate of drug-likeness (QED) is 0.714. The van der Waals surface area contributed by atoms with Gasteiger partial charge in [0.25, 0.3) is 0 Å². The SMILES string of the molecule is COc1ccc(COc2ccc(S(=O)(=O)c3ccc(O)cc3)cc2)cc1. The second-order valence-corrected chi connectivity index (χ2v) is 7.56. The fraction of sp³-hybridized carbons (Fsp3) is 0.100. The topological polar surface area (TPSA) is 72.8 Å². The minimum absolute atomic E-state index is 0.0197. The van der Waals surface area contributed by atoms with E-state index in [4.69, 9.17) is 9.47 Å². The molecule has 0 saturated carbocycles. The highest BCUT2D eigenvalue weighted by Crippen LogP contribution is 2.25. The van der Waals surface area contributed by atoms with E-state index >= 15 is 0 Å². The summed E-state index contributed by atoms with van der Waals surface area (Å²) in [4.78, 5) is 0.294. The Kier molecular flexibility index (Phi) is 5.14. The van der Waals surface area contributed by atoms with Crippen molar-refractivity contribution in [2.45, 2.75) is 16.4 Å². The first kappa shape index (κ1) is 17.8. The molecule has 0 heterocycles. The minimum atomic E-state index is -3.63. The van der Waals surface area contributed by atoms with E-state index in [1.54, 1.807) is 19.2 Å². The summed E-state index contributed by atoms with van der Waals surface area (Å²) in [6.45, 7) is 0.369. The maximum absolute atomic E-state index is 12.6. The Balaban J connectivity index is 1.70. The highest BCUT2D eigenvalue weighted by Gasteiger charge is 2.17. The molecule has 0 bridgehead atoms. The molecule has 0 saturated heterocycles. The van der Waals surface area contributed by atoms with Gasteiger partial charge in [0.05, 0.1) is 16.9 Å². The van der Waals surface area contributed by atoms with Gasteiger partial charge in [-0.3, -0.25) is 0 Å². The van der Waals surface area contributed by atoms with Gasteiger partial charge < -0.3 is 14.6 Å². The van der Waals surface area contributed by atoms with Gasteiger partial charge in [-0.1, -0.05) is 12.1 Å². The number of phenolic OH excluding ortho intramolecular Hbond substituents is 1. The van der Waals surface area contributed by atoms with Crippen LogP contribution in [0.4, 0.5) is 0 Å². The van der Waals surface area contributed by atoms with Crippen molar-refractivity contribution in [3.05, 3.63) is 78.4 Å². The molecule has 3 rings (SSSR count). The maximum Gasteiger partial charge on any atom is 0.206 e. The number of benzene rings is 3. The lowest BCUT2D eigenvalue weighted by Gasteiger charge is -2.09. The normalized spacial score (nSPS) is 11.1. The van der Waals surface area contributed by atoms with Crippen LogP contribution in [0.3, 0.4) is 0 Å². The third kappa shape index (κ3) is 3.97. The minimum Gasteiger partial charge on any atom is -0.508 e. The summed E-state index contributed by atoms with van der Waals surface area (Å²) in [6.07, 6.45) is 0. The number of methoxy groups -OCH3 is 1.